The van der Waals surface area contributed by atoms with E-state index < -0.39 is 0 Å². The minimum Gasteiger partial charge on any atom is -0.313 e. The van der Waals surface area contributed by atoms with Gasteiger partial charge in [-0.15, -0.1) is 0 Å². The molecule has 0 bridgehead atoms. The second-order valence-corrected chi connectivity index (χ2v) is 5.71. The van der Waals surface area contributed by atoms with Gasteiger partial charge in [-0.1, -0.05) is 63.2 Å². The third-order valence-electron chi connectivity index (χ3n) is 3.76. The van der Waals surface area contributed by atoms with Gasteiger partial charge in [0.1, 0.15) is 0 Å². The second kappa shape index (κ2) is 6.71. The number of hydrogen-bond acceptors (Lipinski definition) is 1. The van der Waals surface area contributed by atoms with E-state index in [9.17, 15) is 0 Å². The van der Waals surface area contributed by atoms with Crippen molar-refractivity contribution in [1.82, 2.24) is 5.32 Å². The summed E-state index contributed by atoms with van der Waals surface area (Å²) in [5.74, 6) is 0.590. The molecule has 0 saturated carbocycles. The first-order chi connectivity index (χ1) is 9.61. The minimum absolute atomic E-state index is 0.590. The molecule has 0 unspecified atom stereocenters. The fourth-order valence-corrected chi connectivity index (χ4v) is 2.48. The van der Waals surface area contributed by atoms with E-state index in [2.05, 4.69) is 75.5 Å². The normalized spacial score (nSPS) is 11.1. The number of aryl methyl sites for hydroxylation is 1. The van der Waals surface area contributed by atoms with Crippen LogP contribution in [0.5, 0.6) is 0 Å². The molecule has 2 aromatic rings. The predicted octanol–water partition coefficient (Wildman–Crippen LogP) is 4.89. The van der Waals surface area contributed by atoms with Crippen LogP contribution < -0.4 is 5.32 Å². The number of nitrogens with one attached hydrogen (secondary N) is 1. The molecule has 20 heavy (non-hydrogen) atoms. The van der Waals surface area contributed by atoms with Crippen LogP contribution in [0.25, 0.3) is 11.1 Å². The molecule has 1 nitrogen and oxygen atoms in total. The van der Waals surface area contributed by atoms with Crippen molar-refractivity contribution in [3.63, 3.8) is 0 Å². The molecule has 0 heterocycles. The van der Waals surface area contributed by atoms with Crippen LogP contribution in [0.15, 0.2) is 42.5 Å². The Balaban J connectivity index is 2.24. The zero-order valence-corrected chi connectivity index (χ0v) is 13.0. The highest BCUT2D eigenvalue weighted by Gasteiger charge is 2.04. The van der Waals surface area contributed by atoms with Gasteiger partial charge in [-0.2, -0.15) is 0 Å². The van der Waals surface area contributed by atoms with Gasteiger partial charge in [0.05, 0.1) is 0 Å². The summed E-state index contributed by atoms with van der Waals surface area (Å²) in [7, 11) is 0. The van der Waals surface area contributed by atoms with Crippen LogP contribution in [0.4, 0.5) is 0 Å². The summed E-state index contributed by atoms with van der Waals surface area (Å²) in [5.41, 5.74) is 6.74. The maximum atomic E-state index is 3.37. The largest absolute Gasteiger partial charge is 0.313 e. The minimum atomic E-state index is 0.590. The molecule has 0 saturated heterocycles. The van der Waals surface area contributed by atoms with Crippen LogP contribution in [0.2, 0.25) is 0 Å². The van der Waals surface area contributed by atoms with Gasteiger partial charge >= 0.3 is 0 Å². The highest BCUT2D eigenvalue weighted by atomic mass is 14.8. The quantitative estimate of drug-likeness (QED) is 0.813. The molecular formula is C19H25N. The van der Waals surface area contributed by atoms with E-state index in [1.807, 2.05) is 0 Å². The Kier molecular flexibility index (Phi) is 4.97. The SMILES string of the molecule is CCNCc1ccc(-c2ccc(C(C)C)cc2)c(C)c1. The first-order valence-electron chi connectivity index (χ1n) is 7.52. The van der Waals surface area contributed by atoms with Crippen molar-refractivity contribution < 1.29 is 0 Å². The smallest absolute Gasteiger partial charge is 0.0205 e. The van der Waals surface area contributed by atoms with Gasteiger partial charge in [-0.25, -0.2) is 0 Å². The second-order valence-electron chi connectivity index (χ2n) is 5.71. The first-order valence-corrected chi connectivity index (χ1v) is 7.52. The van der Waals surface area contributed by atoms with E-state index in [0.29, 0.717) is 5.92 Å². The van der Waals surface area contributed by atoms with Crippen molar-refractivity contribution in [2.75, 3.05) is 6.54 Å². The molecule has 0 spiro atoms. The standard InChI is InChI=1S/C19H25N/c1-5-20-13-16-6-11-19(15(4)12-16)18-9-7-17(8-10-18)14(2)3/h6-12,14,20H,5,13H2,1-4H3. The molecule has 0 fully saturated rings. The molecule has 2 rings (SSSR count). The molecule has 0 amide bonds. The highest BCUT2D eigenvalue weighted by Crippen LogP contribution is 2.26. The summed E-state index contributed by atoms with van der Waals surface area (Å²) in [6, 6.07) is 15.7. The van der Waals surface area contributed by atoms with Gasteiger partial charge < -0.3 is 5.32 Å². The summed E-state index contributed by atoms with van der Waals surface area (Å²) in [6.45, 7) is 10.8. The molecule has 0 aliphatic carbocycles. The Morgan fingerprint density at radius 3 is 2.25 bits per heavy atom. The number of hydrogen-bond donors (Lipinski definition) is 1. The molecule has 1 N–H and O–H groups in total. The van der Waals surface area contributed by atoms with Gasteiger partial charge in [-0.05, 0) is 47.2 Å². The van der Waals surface area contributed by atoms with Crippen molar-refractivity contribution in [3.8, 4) is 11.1 Å². The first kappa shape index (κ1) is 14.8. The lowest BCUT2D eigenvalue weighted by Crippen LogP contribution is -2.11. The van der Waals surface area contributed by atoms with Crippen molar-refractivity contribution in [2.45, 2.75) is 40.2 Å². The van der Waals surface area contributed by atoms with Crippen LogP contribution >= 0.6 is 0 Å². The third-order valence-corrected chi connectivity index (χ3v) is 3.76. The van der Waals surface area contributed by atoms with Crippen LogP contribution in [0.1, 0.15) is 43.4 Å². The average Bonchev–Trinajstić information content (AvgIpc) is 2.45. The van der Waals surface area contributed by atoms with Crippen molar-refractivity contribution >= 4 is 0 Å². The van der Waals surface area contributed by atoms with Gasteiger partial charge in [0, 0.05) is 6.54 Å². The van der Waals surface area contributed by atoms with Crippen LogP contribution in [0, 0.1) is 6.92 Å². The van der Waals surface area contributed by atoms with Crippen molar-refractivity contribution in [2.24, 2.45) is 0 Å². The molecule has 106 valence electrons. The molecule has 2 aromatic carbocycles. The molecular weight excluding hydrogens is 242 g/mol. The van der Waals surface area contributed by atoms with Crippen molar-refractivity contribution in [3.05, 3.63) is 59.2 Å². The summed E-state index contributed by atoms with van der Waals surface area (Å²) in [5, 5.41) is 3.37. The van der Waals surface area contributed by atoms with E-state index in [-0.39, 0.29) is 0 Å². The van der Waals surface area contributed by atoms with Crippen LogP contribution in [0.3, 0.4) is 0 Å². The fraction of sp³-hybridized carbons (Fsp3) is 0.368. The lowest BCUT2D eigenvalue weighted by Gasteiger charge is -2.11. The van der Waals surface area contributed by atoms with Gasteiger partial charge in [-0.3, -0.25) is 0 Å². The number of rotatable bonds is 5. The molecule has 0 aromatic heterocycles. The molecule has 1 heteroatoms. The van der Waals surface area contributed by atoms with E-state index in [0.717, 1.165) is 13.1 Å². The topological polar surface area (TPSA) is 12.0 Å². The summed E-state index contributed by atoms with van der Waals surface area (Å²) in [6.07, 6.45) is 0. The zero-order valence-electron chi connectivity index (χ0n) is 13.0. The van der Waals surface area contributed by atoms with E-state index in [1.165, 1.54) is 27.8 Å². The van der Waals surface area contributed by atoms with Gasteiger partial charge in [0.15, 0.2) is 0 Å². The lowest BCUT2D eigenvalue weighted by molar-refractivity contribution is 0.726. The lowest BCUT2D eigenvalue weighted by atomic mass is 9.95. The van der Waals surface area contributed by atoms with Crippen LogP contribution in [-0.2, 0) is 6.54 Å². The highest BCUT2D eigenvalue weighted by molar-refractivity contribution is 5.67. The molecule has 0 aliphatic heterocycles. The summed E-state index contributed by atoms with van der Waals surface area (Å²) >= 11 is 0. The van der Waals surface area contributed by atoms with E-state index in [4.69, 9.17) is 0 Å². The maximum absolute atomic E-state index is 3.37. The summed E-state index contributed by atoms with van der Waals surface area (Å²) in [4.78, 5) is 0. The monoisotopic (exact) mass is 267 g/mol. The maximum Gasteiger partial charge on any atom is 0.0205 e. The Labute approximate surface area is 123 Å². The Hall–Kier alpha value is -1.60. The average molecular weight is 267 g/mol. The molecule has 0 radical (unpaired) electrons. The van der Waals surface area contributed by atoms with E-state index in [1.54, 1.807) is 0 Å². The Bertz CT molecular complexity index is 552. The Morgan fingerprint density at radius 1 is 1.00 bits per heavy atom. The molecule has 0 aliphatic rings. The van der Waals surface area contributed by atoms with Gasteiger partial charge in [0.2, 0.25) is 0 Å². The van der Waals surface area contributed by atoms with Crippen LogP contribution in [-0.4, -0.2) is 6.54 Å². The number of benzene rings is 2. The fourth-order valence-electron chi connectivity index (χ4n) is 2.48. The molecule has 0 atom stereocenters. The predicted molar refractivity (Wildman–Crippen MR) is 88.1 cm³/mol. The zero-order chi connectivity index (χ0) is 14.5. The Morgan fingerprint density at radius 2 is 1.70 bits per heavy atom. The van der Waals surface area contributed by atoms with E-state index >= 15 is 0 Å². The summed E-state index contributed by atoms with van der Waals surface area (Å²) < 4.78 is 0. The van der Waals surface area contributed by atoms with Crippen molar-refractivity contribution in [1.29, 1.82) is 0 Å². The third kappa shape index (κ3) is 3.49. The van der Waals surface area contributed by atoms with Gasteiger partial charge in [0.25, 0.3) is 0 Å².